The van der Waals surface area contributed by atoms with Crippen LogP contribution in [0.5, 0.6) is 0 Å². The summed E-state index contributed by atoms with van der Waals surface area (Å²) >= 11 is 6.00. The van der Waals surface area contributed by atoms with Crippen LogP contribution >= 0.6 is 11.6 Å². The lowest BCUT2D eigenvalue weighted by atomic mass is 9.99. The Morgan fingerprint density at radius 1 is 1.03 bits per heavy atom. The number of esters is 1. The lowest BCUT2D eigenvalue weighted by Gasteiger charge is -2.31. The van der Waals surface area contributed by atoms with E-state index in [0.29, 0.717) is 18.1 Å². The van der Waals surface area contributed by atoms with Crippen LogP contribution in [0.2, 0.25) is 5.02 Å². The highest BCUT2D eigenvalue weighted by Gasteiger charge is 2.29. The third kappa shape index (κ3) is 4.95. The predicted octanol–water partition coefficient (Wildman–Crippen LogP) is 2.97. The summed E-state index contributed by atoms with van der Waals surface area (Å²) in [7, 11) is 0. The molecule has 7 heteroatoms. The molecule has 3 rings (SSSR count). The number of carbonyl (C=O) groups excluding carboxylic acids is 3. The first-order chi connectivity index (χ1) is 13.9. The standard InChI is InChI=1S/C22H23ClN2O4/c1-14(24-20(26)18-9-5-6-10-19(18)23)22(28)29-15(2)21(27)25-12-11-16-7-3-4-8-17(16)13-25/h3-10,14-15H,11-13H2,1-2H3,(H,24,26)/t14-,15-/m0/s1. The maximum Gasteiger partial charge on any atom is 0.329 e. The van der Waals surface area contributed by atoms with Gasteiger partial charge in [-0.2, -0.15) is 0 Å². The van der Waals surface area contributed by atoms with Gasteiger partial charge in [-0.05, 0) is 43.5 Å². The van der Waals surface area contributed by atoms with Gasteiger partial charge in [-0.15, -0.1) is 0 Å². The Morgan fingerprint density at radius 3 is 2.41 bits per heavy atom. The van der Waals surface area contributed by atoms with E-state index in [1.165, 1.54) is 12.5 Å². The fourth-order valence-electron chi connectivity index (χ4n) is 3.25. The van der Waals surface area contributed by atoms with Gasteiger partial charge in [0.25, 0.3) is 11.8 Å². The minimum atomic E-state index is -0.938. The van der Waals surface area contributed by atoms with Crippen LogP contribution < -0.4 is 5.32 Å². The first-order valence-corrected chi connectivity index (χ1v) is 9.86. The molecule has 1 N–H and O–H groups in total. The van der Waals surface area contributed by atoms with E-state index in [-0.39, 0.29) is 11.5 Å². The molecule has 0 bridgehead atoms. The van der Waals surface area contributed by atoms with Crippen LogP contribution in [0.3, 0.4) is 0 Å². The van der Waals surface area contributed by atoms with Crippen LogP contribution in [-0.4, -0.2) is 41.4 Å². The van der Waals surface area contributed by atoms with Gasteiger partial charge in [-0.25, -0.2) is 4.79 Å². The van der Waals surface area contributed by atoms with E-state index in [1.54, 1.807) is 36.1 Å². The fraction of sp³-hybridized carbons (Fsp3) is 0.318. The highest BCUT2D eigenvalue weighted by atomic mass is 35.5. The summed E-state index contributed by atoms with van der Waals surface area (Å²) in [5.41, 5.74) is 2.60. The zero-order chi connectivity index (χ0) is 21.0. The number of halogens is 1. The van der Waals surface area contributed by atoms with Gasteiger partial charge in [0.2, 0.25) is 0 Å². The molecule has 0 aliphatic carbocycles. The van der Waals surface area contributed by atoms with Crippen molar-refractivity contribution in [3.63, 3.8) is 0 Å². The maximum atomic E-state index is 12.7. The Morgan fingerprint density at radius 2 is 1.69 bits per heavy atom. The molecule has 0 radical (unpaired) electrons. The van der Waals surface area contributed by atoms with Crippen molar-refractivity contribution in [3.05, 3.63) is 70.2 Å². The van der Waals surface area contributed by atoms with Gasteiger partial charge in [0.15, 0.2) is 6.10 Å². The Balaban J connectivity index is 1.55. The number of nitrogens with zero attached hydrogens (tertiary/aromatic N) is 1. The molecule has 0 unspecified atom stereocenters. The molecule has 152 valence electrons. The normalized spacial score (nSPS) is 15.1. The number of ether oxygens (including phenoxy) is 1. The van der Waals surface area contributed by atoms with Gasteiger partial charge in [0.1, 0.15) is 6.04 Å². The summed E-state index contributed by atoms with van der Waals surface area (Å²) in [6, 6.07) is 13.6. The minimum Gasteiger partial charge on any atom is -0.451 e. The number of amides is 2. The fourth-order valence-corrected chi connectivity index (χ4v) is 3.47. The third-order valence-corrected chi connectivity index (χ3v) is 5.23. The Labute approximate surface area is 174 Å². The van der Waals surface area contributed by atoms with Crippen molar-refractivity contribution in [3.8, 4) is 0 Å². The molecule has 2 aromatic rings. The molecular weight excluding hydrogens is 392 g/mol. The van der Waals surface area contributed by atoms with Crippen LogP contribution in [0.25, 0.3) is 0 Å². The Bertz CT molecular complexity index is 931. The molecule has 0 spiro atoms. The van der Waals surface area contributed by atoms with E-state index < -0.39 is 24.0 Å². The number of carbonyl (C=O) groups is 3. The Kier molecular flexibility index (Phi) is 6.54. The summed E-state index contributed by atoms with van der Waals surface area (Å²) in [5, 5.41) is 2.84. The lowest BCUT2D eigenvalue weighted by molar-refractivity contribution is -0.160. The SMILES string of the molecule is C[C@H](NC(=O)c1ccccc1Cl)C(=O)O[C@@H](C)C(=O)N1CCc2ccccc2C1. The molecule has 0 saturated carbocycles. The zero-order valence-electron chi connectivity index (χ0n) is 16.4. The van der Waals surface area contributed by atoms with Crippen molar-refractivity contribution < 1.29 is 19.1 Å². The molecular formula is C22H23ClN2O4. The van der Waals surface area contributed by atoms with Crippen LogP contribution in [-0.2, 0) is 27.3 Å². The largest absolute Gasteiger partial charge is 0.451 e. The van der Waals surface area contributed by atoms with Crippen LogP contribution in [0.4, 0.5) is 0 Å². The first-order valence-electron chi connectivity index (χ1n) is 9.48. The summed E-state index contributed by atoms with van der Waals surface area (Å²) in [6.07, 6.45) is -0.167. The number of hydrogen-bond acceptors (Lipinski definition) is 4. The van der Waals surface area contributed by atoms with Gasteiger partial charge in [-0.3, -0.25) is 9.59 Å². The molecule has 6 nitrogen and oxygen atoms in total. The zero-order valence-corrected chi connectivity index (χ0v) is 17.1. The highest BCUT2D eigenvalue weighted by molar-refractivity contribution is 6.33. The van der Waals surface area contributed by atoms with Gasteiger partial charge in [0, 0.05) is 13.1 Å². The second-order valence-electron chi connectivity index (χ2n) is 7.03. The quantitative estimate of drug-likeness (QED) is 0.763. The topological polar surface area (TPSA) is 75.7 Å². The van der Waals surface area contributed by atoms with Crippen LogP contribution in [0.1, 0.15) is 35.3 Å². The molecule has 0 saturated heterocycles. The summed E-state index contributed by atoms with van der Waals surface area (Å²) in [4.78, 5) is 39.0. The molecule has 29 heavy (non-hydrogen) atoms. The number of fused-ring (bicyclic) bond motifs is 1. The molecule has 1 heterocycles. The van der Waals surface area contributed by atoms with Gasteiger partial charge < -0.3 is 15.0 Å². The van der Waals surface area contributed by atoms with E-state index >= 15 is 0 Å². The second-order valence-corrected chi connectivity index (χ2v) is 7.44. The van der Waals surface area contributed by atoms with E-state index in [0.717, 1.165) is 12.0 Å². The maximum absolute atomic E-state index is 12.7. The Hall–Kier alpha value is -2.86. The van der Waals surface area contributed by atoms with Crippen molar-refractivity contribution >= 4 is 29.4 Å². The molecule has 0 fully saturated rings. The summed E-state index contributed by atoms with van der Waals surface area (Å²) in [6.45, 7) is 4.13. The van der Waals surface area contributed by atoms with E-state index in [2.05, 4.69) is 11.4 Å². The first kappa shape index (κ1) is 20.9. The second kappa shape index (κ2) is 9.09. The van der Waals surface area contributed by atoms with E-state index in [4.69, 9.17) is 16.3 Å². The summed E-state index contributed by atoms with van der Waals surface area (Å²) in [5.74, 6) is -1.41. The van der Waals surface area contributed by atoms with Gasteiger partial charge >= 0.3 is 5.97 Å². The van der Waals surface area contributed by atoms with Crippen molar-refractivity contribution in [1.29, 1.82) is 0 Å². The number of benzene rings is 2. The van der Waals surface area contributed by atoms with E-state index in [1.807, 2.05) is 18.2 Å². The highest BCUT2D eigenvalue weighted by Crippen LogP contribution is 2.19. The van der Waals surface area contributed by atoms with Gasteiger partial charge in [-0.1, -0.05) is 48.0 Å². The molecule has 1 aliphatic rings. The smallest absolute Gasteiger partial charge is 0.329 e. The van der Waals surface area contributed by atoms with Crippen LogP contribution in [0, 0.1) is 0 Å². The summed E-state index contributed by atoms with van der Waals surface area (Å²) < 4.78 is 5.30. The number of rotatable bonds is 5. The number of nitrogens with one attached hydrogen (secondary N) is 1. The van der Waals surface area contributed by atoms with Crippen LogP contribution in [0.15, 0.2) is 48.5 Å². The third-order valence-electron chi connectivity index (χ3n) is 4.90. The molecule has 1 aliphatic heterocycles. The van der Waals surface area contributed by atoms with Crippen molar-refractivity contribution in [2.75, 3.05) is 6.54 Å². The molecule has 0 aromatic heterocycles. The van der Waals surface area contributed by atoms with Crippen molar-refractivity contribution in [1.82, 2.24) is 10.2 Å². The van der Waals surface area contributed by atoms with Crippen molar-refractivity contribution in [2.24, 2.45) is 0 Å². The average Bonchev–Trinajstić information content (AvgIpc) is 2.72. The molecule has 2 amide bonds. The van der Waals surface area contributed by atoms with Crippen molar-refractivity contribution in [2.45, 2.75) is 39.0 Å². The number of hydrogen-bond donors (Lipinski definition) is 1. The lowest BCUT2D eigenvalue weighted by Crippen LogP contribution is -2.46. The molecule has 2 atom stereocenters. The van der Waals surface area contributed by atoms with E-state index in [9.17, 15) is 14.4 Å². The minimum absolute atomic E-state index is 0.252. The molecule has 2 aromatic carbocycles. The van der Waals surface area contributed by atoms with Gasteiger partial charge in [0.05, 0.1) is 10.6 Å². The monoisotopic (exact) mass is 414 g/mol. The predicted molar refractivity (Wildman–Crippen MR) is 109 cm³/mol. The average molecular weight is 415 g/mol.